The number of ether oxygens (including phenoxy) is 1. The van der Waals surface area contributed by atoms with E-state index in [2.05, 4.69) is 31.4 Å². The fraction of sp³-hybridized carbons (Fsp3) is 0.348. The fourth-order valence-electron chi connectivity index (χ4n) is 2.74. The smallest absolute Gasteiger partial charge is 0.308 e. The molecule has 0 aliphatic carbocycles. The van der Waals surface area contributed by atoms with Gasteiger partial charge >= 0.3 is 5.97 Å². The second-order valence-electron chi connectivity index (χ2n) is 8.46. The number of amides is 2. The Kier molecular flexibility index (Phi) is 8.63. The molecule has 2 aromatic carbocycles. The van der Waals surface area contributed by atoms with Crippen molar-refractivity contribution in [2.24, 2.45) is 0 Å². The molecule has 0 atom stereocenters. The lowest BCUT2D eigenvalue weighted by Gasteiger charge is -2.19. The summed E-state index contributed by atoms with van der Waals surface area (Å²) >= 11 is 5.98. The number of hydrogen-bond acceptors (Lipinski definition) is 6. The molecule has 0 aromatic heterocycles. The number of hydrogen-bond donors (Lipinski definition) is 2. The molecule has 0 saturated heterocycles. The molecule has 0 aliphatic rings. The van der Waals surface area contributed by atoms with Crippen LogP contribution in [-0.4, -0.2) is 45.6 Å². The van der Waals surface area contributed by atoms with Gasteiger partial charge < -0.3 is 15.4 Å². The third kappa shape index (κ3) is 8.18. The van der Waals surface area contributed by atoms with Crippen LogP contribution in [-0.2, 0) is 29.6 Å². The minimum Gasteiger partial charge on any atom is -0.456 e. The number of carbonyl (C=O) groups is 3. The van der Waals surface area contributed by atoms with E-state index in [1.165, 1.54) is 18.2 Å². The monoisotopic (exact) mass is 494 g/mol. The maximum absolute atomic E-state index is 12.2. The predicted octanol–water partition coefficient (Wildman–Crippen LogP) is 3.34. The molecule has 0 fully saturated rings. The van der Waals surface area contributed by atoms with Crippen molar-refractivity contribution in [3.05, 3.63) is 58.6 Å². The van der Waals surface area contributed by atoms with Gasteiger partial charge in [0, 0.05) is 18.4 Å². The van der Waals surface area contributed by atoms with E-state index in [1.807, 2.05) is 12.1 Å². The summed E-state index contributed by atoms with van der Waals surface area (Å²) in [4.78, 5) is 36.1. The van der Waals surface area contributed by atoms with Crippen LogP contribution >= 0.6 is 11.6 Å². The van der Waals surface area contributed by atoms with Crippen LogP contribution < -0.4 is 10.6 Å². The first kappa shape index (κ1) is 26.3. The Bertz CT molecular complexity index is 1140. The first-order chi connectivity index (χ1) is 15.3. The highest BCUT2D eigenvalue weighted by Crippen LogP contribution is 2.25. The molecule has 33 heavy (non-hydrogen) atoms. The quantitative estimate of drug-likeness (QED) is 0.543. The maximum atomic E-state index is 12.2. The minimum absolute atomic E-state index is 0.0111. The van der Waals surface area contributed by atoms with E-state index in [-0.39, 0.29) is 39.9 Å². The SMILES string of the molecule is CC(C)(C)c1ccc(C(=O)NCCC(=O)OCC(=O)Nc2cc(S(C)(=O)=O)ccc2Cl)cc1. The third-order valence-corrected chi connectivity index (χ3v) is 6.07. The number of rotatable bonds is 8. The van der Waals surface area contributed by atoms with Gasteiger partial charge in [-0.1, -0.05) is 44.5 Å². The van der Waals surface area contributed by atoms with Gasteiger partial charge in [-0.25, -0.2) is 8.42 Å². The van der Waals surface area contributed by atoms with E-state index >= 15 is 0 Å². The Morgan fingerprint density at radius 3 is 2.24 bits per heavy atom. The zero-order valence-electron chi connectivity index (χ0n) is 18.9. The van der Waals surface area contributed by atoms with Gasteiger partial charge in [0.05, 0.1) is 22.0 Å². The number of anilines is 1. The van der Waals surface area contributed by atoms with E-state index in [9.17, 15) is 22.8 Å². The molecular weight excluding hydrogens is 468 g/mol. The van der Waals surface area contributed by atoms with Gasteiger partial charge in [0.25, 0.3) is 11.8 Å². The van der Waals surface area contributed by atoms with Crippen LogP contribution in [0.3, 0.4) is 0 Å². The summed E-state index contributed by atoms with van der Waals surface area (Å²) in [6, 6.07) is 11.1. The van der Waals surface area contributed by atoms with Gasteiger partial charge in [-0.05, 0) is 41.3 Å². The number of nitrogens with one attached hydrogen (secondary N) is 2. The molecule has 8 nitrogen and oxygen atoms in total. The Balaban J connectivity index is 1.78. The molecule has 0 aliphatic heterocycles. The second kappa shape index (κ2) is 10.8. The summed E-state index contributed by atoms with van der Waals surface area (Å²) in [5, 5.41) is 5.17. The van der Waals surface area contributed by atoms with Gasteiger partial charge in [0.15, 0.2) is 16.4 Å². The maximum Gasteiger partial charge on any atom is 0.308 e. The highest BCUT2D eigenvalue weighted by atomic mass is 35.5. The number of esters is 1. The van der Waals surface area contributed by atoms with Crippen LogP contribution in [0.15, 0.2) is 47.4 Å². The summed E-state index contributed by atoms with van der Waals surface area (Å²) in [5.74, 6) is -1.68. The molecule has 0 unspecified atom stereocenters. The van der Waals surface area contributed by atoms with Crippen LogP contribution in [0, 0.1) is 0 Å². The standard InChI is InChI=1S/C23H27ClN2O6S/c1-23(2,3)16-7-5-15(6-8-16)22(29)25-12-11-21(28)32-14-20(27)26-19-13-17(33(4,30)31)9-10-18(19)24/h5-10,13H,11-12,14H2,1-4H3,(H,25,29)(H,26,27). The molecule has 10 heteroatoms. The first-order valence-electron chi connectivity index (χ1n) is 10.1. The molecular formula is C23H27ClN2O6S. The molecule has 0 bridgehead atoms. The van der Waals surface area contributed by atoms with Crippen LogP contribution in [0.1, 0.15) is 43.1 Å². The van der Waals surface area contributed by atoms with E-state index in [0.29, 0.717) is 5.56 Å². The third-order valence-electron chi connectivity index (χ3n) is 4.63. The lowest BCUT2D eigenvalue weighted by molar-refractivity contribution is -0.147. The van der Waals surface area contributed by atoms with E-state index in [4.69, 9.17) is 16.3 Å². The molecule has 2 aromatic rings. The Hall–Kier alpha value is -2.91. The van der Waals surface area contributed by atoms with Crippen molar-refractivity contribution in [3.8, 4) is 0 Å². The van der Waals surface area contributed by atoms with Gasteiger partial charge in [-0.3, -0.25) is 14.4 Å². The van der Waals surface area contributed by atoms with Crippen LogP contribution in [0.5, 0.6) is 0 Å². The Labute approximate surface area is 198 Å². The van der Waals surface area contributed by atoms with Crippen LogP contribution in [0.25, 0.3) is 0 Å². The van der Waals surface area contributed by atoms with Gasteiger partial charge in [0.1, 0.15) is 0 Å². The summed E-state index contributed by atoms with van der Waals surface area (Å²) in [5.41, 5.74) is 1.65. The second-order valence-corrected chi connectivity index (χ2v) is 10.9. The largest absolute Gasteiger partial charge is 0.456 e. The van der Waals surface area contributed by atoms with Gasteiger partial charge in [0.2, 0.25) is 0 Å². The summed E-state index contributed by atoms with van der Waals surface area (Å²) in [7, 11) is -3.48. The highest BCUT2D eigenvalue weighted by molar-refractivity contribution is 7.90. The Morgan fingerprint density at radius 1 is 1.03 bits per heavy atom. The molecule has 178 valence electrons. The van der Waals surface area contributed by atoms with Crippen molar-refractivity contribution in [2.75, 3.05) is 24.7 Å². The van der Waals surface area contributed by atoms with Crippen molar-refractivity contribution in [2.45, 2.75) is 37.5 Å². The molecule has 2 N–H and O–H groups in total. The summed E-state index contributed by atoms with van der Waals surface area (Å²) in [6.07, 6.45) is 0.909. The lowest BCUT2D eigenvalue weighted by atomic mass is 9.87. The summed E-state index contributed by atoms with van der Waals surface area (Å²) in [6.45, 7) is 5.70. The molecule has 2 rings (SSSR count). The zero-order chi connectivity index (χ0) is 24.8. The van der Waals surface area contributed by atoms with E-state index in [0.717, 1.165) is 11.8 Å². The number of halogens is 1. The Morgan fingerprint density at radius 2 is 1.67 bits per heavy atom. The van der Waals surface area contributed by atoms with Crippen molar-refractivity contribution < 1.29 is 27.5 Å². The molecule has 2 amide bonds. The van der Waals surface area contributed by atoms with E-state index < -0.39 is 28.3 Å². The van der Waals surface area contributed by atoms with Crippen molar-refractivity contribution in [1.29, 1.82) is 0 Å². The normalized spacial score (nSPS) is 11.5. The molecule has 0 radical (unpaired) electrons. The predicted molar refractivity (Wildman–Crippen MR) is 126 cm³/mol. The summed E-state index contributed by atoms with van der Waals surface area (Å²) < 4.78 is 28.2. The average molecular weight is 495 g/mol. The molecule has 0 saturated carbocycles. The number of carbonyl (C=O) groups excluding carboxylic acids is 3. The lowest BCUT2D eigenvalue weighted by Crippen LogP contribution is -2.28. The molecule has 0 spiro atoms. The van der Waals surface area contributed by atoms with Crippen molar-refractivity contribution in [3.63, 3.8) is 0 Å². The van der Waals surface area contributed by atoms with Crippen molar-refractivity contribution in [1.82, 2.24) is 5.32 Å². The van der Waals surface area contributed by atoms with Gasteiger partial charge in [-0.2, -0.15) is 0 Å². The minimum atomic E-state index is -3.48. The molecule has 0 heterocycles. The number of sulfone groups is 1. The number of benzene rings is 2. The van der Waals surface area contributed by atoms with Crippen molar-refractivity contribution >= 4 is 44.9 Å². The van der Waals surface area contributed by atoms with Gasteiger partial charge in [-0.15, -0.1) is 0 Å². The van der Waals surface area contributed by atoms with E-state index in [1.54, 1.807) is 12.1 Å². The fourth-order valence-corrected chi connectivity index (χ4v) is 3.55. The van der Waals surface area contributed by atoms with Crippen LogP contribution in [0.4, 0.5) is 5.69 Å². The first-order valence-corrected chi connectivity index (χ1v) is 12.4. The highest BCUT2D eigenvalue weighted by Gasteiger charge is 2.16. The topological polar surface area (TPSA) is 119 Å². The zero-order valence-corrected chi connectivity index (χ0v) is 20.5. The van der Waals surface area contributed by atoms with Crippen LogP contribution in [0.2, 0.25) is 5.02 Å². The average Bonchev–Trinajstić information content (AvgIpc) is 2.72.